The van der Waals surface area contributed by atoms with Crippen LogP contribution in [0.15, 0.2) is 18.3 Å². The van der Waals surface area contributed by atoms with Crippen molar-refractivity contribution in [2.75, 3.05) is 6.54 Å². The van der Waals surface area contributed by atoms with Gasteiger partial charge in [-0.2, -0.15) is 5.10 Å². The van der Waals surface area contributed by atoms with Gasteiger partial charge in [-0.1, -0.05) is 18.5 Å². The minimum Gasteiger partial charge on any atom is -0.308 e. The molecule has 0 fully saturated rings. The molecule has 1 unspecified atom stereocenters. The van der Waals surface area contributed by atoms with Gasteiger partial charge in [-0.3, -0.25) is 9.67 Å². The zero-order chi connectivity index (χ0) is 15.4. The van der Waals surface area contributed by atoms with Crippen molar-refractivity contribution in [2.24, 2.45) is 7.05 Å². The Morgan fingerprint density at radius 2 is 2.14 bits per heavy atom. The maximum Gasteiger partial charge on any atom is 0.0847 e. The average molecular weight is 307 g/mol. The molecule has 0 aliphatic heterocycles. The normalized spacial score (nSPS) is 12.6. The number of hydrogen-bond acceptors (Lipinski definition) is 3. The van der Waals surface area contributed by atoms with Gasteiger partial charge in [-0.15, -0.1) is 0 Å². The van der Waals surface area contributed by atoms with Crippen molar-refractivity contribution in [1.29, 1.82) is 0 Å². The molecular weight excluding hydrogens is 284 g/mol. The quantitative estimate of drug-likeness (QED) is 0.890. The maximum atomic E-state index is 6.38. The van der Waals surface area contributed by atoms with Crippen molar-refractivity contribution >= 4 is 11.6 Å². The monoisotopic (exact) mass is 306 g/mol. The SMILES string of the molecule is CCCNC(Cc1c(Cl)c(C)nn1C)c1cc(C)ccn1. The number of nitrogens with one attached hydrogen (secondary N) is 1. The van der Waals surface area contributed by atoms with Gasteiger partial charge in [-0.05, 0) is 44.5 Å². The van der Waals surface area contributed by atoms with Crippen LogP contribution in [-0.4, -0.2) is 21.3 Å². The Balaban J connectivity index is 2.28. The highest BCUT2D eigenvalue weighted by molar-refractivity contribution is 6.31. The number of aryl methyl sites for hydroxylation is 3. The summed E-state index contributed by atoms with van der Waals surface area (Å²) in [5.41, 5.74) is 4.20. The third-order valence-electron chi connectivity index (χ3n) is 3.59. The van der Waals surface area contributed by atoms with E-state index in [0.717, 1.165) is 41.5 Å². The summed E-state index contributed by atoms with van der Waals surface area (Å²) in [6.45, 7) is 7.14. The Morgan fingerprint density at radius 3 is 2.71 bits per heavy atom. The van der Waals surface area contributed by atoms with E-state index in [2.05, 4.69) is 35.3 Å². The van der Waals surface area contributed by atoms with Crippen LogP contribution < -0.4 is 5.32 Å². The summed E-state index contributed by atoms with van der Waals surface area (Å²) in [6.07, 6.45) is 3.73. The van der Waals surface area contributed by atoms with Crippen molar-refractivity contribution < 1.29 is 0 Å². The van der Waals surface area contributed by atoms with Crippen molar-refractivity contribution in [3.05, 3.63) is 46.0 Å². The molecule has 0 bridgehead atoms. The van der Waals surface area contributed by atoms with E-state index in [-0.39, 0.29) is 6.04 Å². The number of hydrogen-bond donors (Lipinski definition) is 1. The molecular formula is C16H23ClN4. The lowest BCUT2D eigenvalue weighted by Gasteiger charge is -2.19. The van der Waals surface area contributed by atoms with Crippen molar-refractivity contribution in [3.63, 3.8) is 0 Å². The number of nitrogens with zero attached hydrogens (tertiary/aromatic N) is 3. The zero-order valence-corrected chi connectivity index (χ0v) is 13.9. The standard InChI is InChI=1S/C16H23ClN4/c1-5-7-18-14(13-9-11(2)6-8-19-13)10-15-16(17)12(3)20-21(15)4/h6,8-9,14,18H,5,7,10H2,1-4H3. The molecule has 0 spiro atoms. The van der Waals surface area contributed by atoms with E-state index in [1.165, 1.54) is 5.56 Å². The highest BCUT2D eigenvalue weighted by Gasteiger charge is 2.19. The van der Waals surface area contributed by atoms with Gasteiger partial charge < -0.3 is 5.32 Å². The lowest BCUT2D eigenvalue weighted by atomic mass is 10.0. The van der Waals surface area contributed by atoms with Crippen LogP contribution in [-0.2, 0) is 13.5 Å². The lowest BCUT2D eigenvalue weighted by molar-refractivity contribution is 0.502. The summed E-state index contributed by atoms with van der Waals surface area (Å²) in [5, 5.41) is 8.71. The average Bonchev–Trinajstić information content (AvgIpc) is 2.69. The Bertz CT molecular complexity index is 606. The largest absolute Gasteiger partial charge is 0.308 e. The summed E-state index contributed by atoms with van der Waals surface area (Å²) < 4.78 is 1.87. The van der Waals surface area contributed by atoms with Crippen LogP contribution >= 0.6 is 11.6 Å². The molecule has 0 saturated heterocycles. The minimum atomic E-state index is 0.150. The second-order valence-electron chi connectivity index (χ2n) is 5.44. The molecule has 0 saturated carbocycles. The number of pyridine rings is 1. The molecule has 21 heavy (non-hydrogen) atoms. The fraction of sp³-hybridized carbons (Fsp3) is 0.500. The van der Waals surface area contributed by atoms with Crippen molar-refractivity contribution in [3.8, 4) is 0 Å². The van der Waals surface area contributed by atoms with Gasteiger partial charge >= 0.3 is 0 Å². The molecule has 1 N–H and O–H groups in total. The van der Waals surface area contributed by atoms with E-state index in [1.54, 1.807) is 0 Å². The van der Waals surface area contributed by atoms with Gasteiger partial charge in [-0.25, -0.2) is 0 Å². The molecule has 2 aromatic rings. The molecule has 0 amide bonds. The fourth-order valence-electron chi connectivity index (χ4n) is 2.45. The smallest absolute Gasteiger partial charge is 0.0847 e. The fourth-order valence-corrected chi connectivity index (χ4v) is 2.68. The maximum absolute atomic E-state index is 6.38. The van der Waals surface area contributed by atoms with Crippen LogP contribution in [0.3, 0.4) is 0 Å². The predicted molar refractivity (Wildman–Crippen MR) is 86.7 cm³/mol. The van der Waals surface area contributed by atoms with Gasteiger partial charge in [0.25, 0.3) is 0 Å². The third kappa shape index (κ3) is 3.83. The van der Waals surface area contributed by atoms with E-state index in [4.69, 9.17) is 11.6 Å². The second-order valence-corrected chi connectivity index (χ2v) is 5.82. The van der Waals surface area contributed by atoms with E-state index >= 15 is 0 Å². The van der Waals surface area contributed by atoms with Gasteiger partial charge in [0.2, 0.25) is 0 Å². The third-order valence-corrected chi connectivity index (χ3v) is 4.09. The molecule has 5 heteroatoms. The van der Waals surface area contributed by atoms with Crippen LogP contribution in [0.2, 0.25) is 5.02 Å². The molecule has 0 aliphatic rings. The lowest BCUT2D eigenvalue weighted by Crippen LogP contribution is -2.26. The van der Waals surface area contributed by atoms with Crippen LogP contribution in [0.4, 0.5) is 0 Å². The van der Waals surface area contributed by atoms with Crippen LogP contribution in [0.1, 0.15) is 42.0 Å². The first-order valence-electron chi connectivity index (χ1n) is 7.36. The van der Waals surface area contributed by atoms with Gasteiger partial charge in [0.05, 0.1) is 28.1 Å². The molecule has 114 valence electrons. The Labute approximate surface area is 131 Å². The Hall–Kier alpha value is -1.39. The van der Waals surface area contributed by atoms with E-state index < -0.39 is 0 Å². The summed E-state index contributed by atoms with van der Waals surface area (Å²) in [4.78, 5) is 4.52. The molecule has 2 aromatic heterocycles. The first-order valence-corrected chi connectivity index (χ1v) is 7.74. The Morgan fingerprint density at radius 1 is 1.38 bits per heavy atom. The van der Waals surface area contributed by atoms with E-state index in [1.807, 2.05) is 30.9 Å². The van der Waals surface area contributed by atoms with Crippen LogP contribution in [0.25, 0.3) is 0 Å². The first-order chi connectivity index (χ1) is 10.0. The summed E-state index contributed by atoms with van der Waals surface area (Å²) >= 11 is 6.38. The van der Waals surface area contributed by atoms with Crippen LogP contribution in [0, 0.1) is 13.8 Å². The Kier molecular flexibility index (Phi) is 5.37. The highest BCUT2D eigenvalue weighted by Crippen LogP contribution is 2.25. The molecule has 4 nitrogen and oxygen atoms in total. The van der Waals surface area contributed by atoms with E-state index in [0.29, 0.717) is 0 Å². The molecule has 0 radical (unpaired) electrons. The topological polar surface area (TPSA) is 42.7 Å². The van der Waals surface area contributed by atoms with Crippen molar-refractivity contribution in [1.82, 2.24) is 20.1 Å². The molecule has 0 aliphatic carbocycles. The summed E-state index contributed by atoms with van der Waals surface area (Å²) in [7, 11) is 1.94. The van der Waals surface area contributed by atoms with Crippen molar-refractivity contribution in [2.45, 2.75) is 39.7 Å². The van der Waals surface area contributed by atoms with Gasteiger partial charge in [0.15, 0.2) is 0 Å². The van der Waals surface area contributed by atoms with Gasteiger partial charge in [0.1, 0.15) is 0 Å². The summed E-state index contributed by atoms with van der Waals surface area (Å²) in [6, 6.07) is 4.30. The minimum absolute atomic E-state index is 0.150. The predicted octanol–water partition coefficient (Wildman–Crippen LogP) is 3.37. The number of rotatable bonds is 6. The number of halogens is 1. The second kappa shape index (κ2) is 7.05. The molecule has 2 rings (SSSR count). The van der Waals surface area contributed by atoms with Crippen LogP contribution in [0.5, 0.6) is 0 Å². The summed E-state index contributed by atoms with van der Waals surface area (Å²) in [5.74, 6) is 0. The number of aromatic nitrogens is 3. The first kappa shape index (κ1) is 16.0. The highest BCUT2D eigenvalue weighted by atomic mass is 35.5. The van der Waals surface area contributed by atoms with E-state index in [9.17, 15) is 0 Å². The molecule has 0 aromatic carbocycles. The van der Waals surface area contributed by atoms with Gasteiger partial charge in [0, 0.05) is 19.7 Å². The molecule has 1 atom stereocenters. The zero-order valence-electron chi connectivity index (χ0n) is 13.2. The molecule has 2 heterocycles.